The van der Waals surface area contributed by atoms with Crippen molar-refractivity contribution >= 4 is 0 Å². The summed E-state index contributed by atoms with van der Waals surface area (Å²) in [5.74, 6) is 0.428. The summed E-state index contributed by atoms with van der Waals surface area (Å²) in [7, 11) is 0. The minimum atomic E-state index is 0.0668. The van der Waals surface area contributed by atoms with Crippen LogP contribution in [0.5, 0.6) is 5.75 Å². The van der Waals surface area contributed by atoms with Gasteiger partial charge in [-0.3, -0.25) is 0 Å². The Morgan fingerprint density at radius 1 is 1.00 bits per heavy atom. The van der Waals surface area contributed by atoms with E-state index >= 15 is 0 Å². The standard InChI is InChI=1S/C16H16O/c1-12-7-8-15(17)14(11-12)16(9-10-16)13-5-3-2-4-6-13/h2-8,11,17H,9-10H2,1H3. The van der Waals surface area contributed by atoms with Crippen molar-refractivity contribution in [3.63, 3.8) is 0 Å². The molecular formula is C16H16O. The van der Waals surface area contributed by atoms with E-state index in [9.17, 15) is 5.11 Å². The van der Waals surface area contributed by atoms with Crippen LogP contribution in [0.4, 0.5) is 0 Å². The Labute approximate surface area is 102 Å². The maximum Gasteiger partial charge on any atom is 0.119 e. The minimum Gasteiger partial charge on any atom is -0.508 e. The first-order valence-electron chi connectivity index (χ1n) is 6.08. The molecule has 1 nitrogen and oxygen atoms in total. The Kier molecular flexibility index (Phi) is 2.22. The topological polar surface area (TPSA) is 20.2 Å². The lowest BCUT2D eigenvalue weighted by Crippen LogP contribution is -2.08. The molecule has 86 valence electrons. The summed E-state index contributed by atoms with van der Waals surface area (Å²) in [5, 5.41) is 10.1. The maximum atomic E-state index is 10.1. The van der Waals surface area contributed by atoms with Gasteiger partial charge in [0.25, 0.3) is 0 Å². The van der Waals surface area contributed by atoms with Crippen molar-refractivity contribution in [2.75, 3.05) is 0 Å². The van der Waals surface area contributed by atoms with Crippen molar-refractivity contribution in [3.05, 3.63) is 65.2 Å². The number of rotatable bonds is 2. The van der Waals surface area contributed by atoms with Gasteiger partial charge in [-0.15, -0.1) is 0 Å². The lowest BCUT2D eigenvalue weighted by molar-refractivity contribution is 0.463. The van der Waals surface area contributed by atoms with E-state index in [0.29, 0.717) is 5.75 Å². The lowest BCUT2D eigenvalue weighted by atomic mass is 9.87. The number of benzene rings is 2. The molecule has 1 N–H and O–H groups in total. The van der Waals surface area contributed by atoms with Crippen molar-refractivity contribution in [1.29, 1.82) is 0 Å². The predicted molar refractivity (Wildman–Crippen MR) is 69.3 cm³/mol. The van der Waals surface area contributed by atoms with Gasteiger partial charge in [0, 0.05) is 11.0 Å². The summed E-state index contributed by atoms with van der Waals surface area (Å²) in [6, 6.07) is 16.4. The van der Waals surface area contributed by atoms with Gasteiger partial charge in [0.1, 0.15) is 5.75 Å². The molecule has 1 fully saturated rings. The largest absolute Gasteiger partial charge is 0.508 e. The van der Waals surface area contributed by atoms with E-state index in [-0.39, 0.29) is 5.41 Å². The van der Waals surface area contributed by atoms with Gasteiger partial charge in [0.15, 0.2) is 0 Å². The number of aryl methyl sites for hydroxylation is 1. The molecule has 1 heteroatoms. The van der Waals surface area contributed by atoms with Crippen LogP contribution in [-0.2, 0) is 5.41 Å². The molecule has 1 aliphatic carbocycles. The van der Waals surface area contributed by atoms with Crippen molar-refractivity contribution in [2.24, 2.45) is 0 Å². The Balaban J connectivity index is 2.13. The smallest absolute Gasteiger partial charge is 0.119 e. The van der Waals surface area contributed by atoms with Crippen LogP contribution in [0.3, 0.4) is 0 Å². The van der Waals surface area contributed by atoms with Crippen molar-refractivity contribution in [1.82, 2.24) is 0 Å². The number of phenols is 1. The molecule has 0 unspecified atom stereocenters. The molecule has 0 aromatic heterocycles. The third-order valence-corrected chi connectivity index (χ3v) is 3.74. The van der Waals surface area contributed by atoms with Gasteiger partial charge in [-0.05, 0) is 31.4 Å². The van der Waals surface area contributed by atoms with Crippen LogP contribution in [0.15, 0.2) is 48.5 Å². The lowest BCUT2D eigenvalue weighted by Gasteiger charge is -2.18. The van der Waals surface area contributed by atoms with Gasteiger partial charge in [-0.2, -0.15) is 0 Å². The Bertz CT molecular complexity index is 539. The van der Waals surface area contributed by atoms with E-state index in [0.717, 1.165) is 18.4 Å². The Morgan fingerprint density at radius 3 is 2.35 bits per heavy atom. The van der Waals surface area contributed by atoms with Gasteiger partial charge in [0.2, 0.25) is 0 Å². The van der Waals surface area contributed by atoms with Gasteiger partial charge in [0.05, 0.1) is 0 Å². The van der Waals surface area contributed by atoms with Gasteiger partial charge in [-0.25, -0.2) is 0 Å². The first-order valence-corrected chi connectivity index (χ1v) is 6.08. The fourth-order valence-electron chi connectivity index (χ4n) is 2.63. The highest BCUT2D eigenvalue weighted by Crippen LogP contribution is 2.55. The van der Waals surface area contributed by atoms with E-state index in [4.69, 9.17) is 0 Å². The molecule has 0 amide bonds. The number of hydrogen-bond donors (Lipinski definition) is 1. The molecule has 1 aliphatic rings. The summed E-state index contributed by atoms with van der Waals surface area (Å²) >= 11 is 0. The highest BCUT2D eigenvalue weighted by Gasteiger charge is 2.47. The molecule has 0 spiro atoms. The van der Waals surface area contributed by atoms with Crippen LogP contribution in [0, 0.1) is 6.92 Å². The van der Waals surface area contributed by atoms with E-state index in [2.05, 4.69) is 37.3 Å². The zero-order chi connectivity index (χ0) is 11.9. The molecule has 0 aliphatic heterocycles. The molecule has 1 saturated carbocycles. The van der Waals surface area contributed by atoms with Crippen LogP contribution in [0.2, 0.25) is 0 Å². The molecule has 0 saturated heterocycles. The van der Waals surface area contributed by atoms with Crippen LogP contribution >= 0.6 is 0 Å². The molecular weight excluding hydrogens is 208 g/mol. The number of hydrogen-bond acceptors (Lipinski definition) is 1. The highest BCUT2D eigenvalue weighted by atomic mass is 16.3. The molecule has 0 atom stereocenters. The molecule has 3 rings (SSSR count). The third-order valence-electron chi connectivity index (χ3n) is 3.74. The molecule has 2 aromatic carbocycles. The highest BCUT2D eigenvalue weighted by molar-refractivity contribution is 5.52. The predicted octanol–water partition coefficient (Wildman–Crippen LogP) is 3.78. The Hall–Kier alpha value is -1.76. The Morgan fingerprint density at radius 2 is 1.71 bits per heavy atom. The summed E-state index contributed by atoms with van der Waals surface area (Å²) in [5.41, 5.74) is 3.68. The molecule has 0 heterocycles. The zero-order valence-corrected chi connectivity index (χ0v) is 9.98. The van der Waals surface area contributed by atoms with Crippen molar-refractivity contribution in [2.45, 2.75) is 25.2 Å². The fraction of sp³-hybridized carbons (Fsp3) is 0.250. The van der Waals surface area contributed by atoms with Gasteiger partial charge < -0.3 is 5.11 Å². The molecule has 2 aromatic rings. The average Bonchev–Trinajstić information content (AvgIpc) is 3.15. The van der Waals surface area contributed by atoms with Crippen molar-refractivity contribution in [3.8, 4) is 5.75 Å². The second-order valence-corrected chi connectivity index (χ2v) is 4.97. The van der Waals surface area contributed by atoms with Gasteiger partial charge >= 0.3 is 0 Å². The first-order chi connectivity index (χ1) is 8.22. The first kappa shape index (κ1) is 10.4. The summed E-state index contributed by atoms with van der Waals surface area (Å²) in [6.07, 6.45) is 2.27. The fourth-order valence-corrected chi connectivity index (χ4v) is 2.63. The van der Waals surface area contributed by atoms with Crippen LogP contribution in [0.1, 0.15) is 29.5 Å². The molecule has 0 bridgehead atoms. The van der Waals surface area contributed by atoms with Crippen LogP contribution in [-0.4, -0.2) is 5.11 Å². The summed E-state index contributed by atoms with van der Waals surface area (Å²) in [6.45, 7) is 2.07. The molecule has 0 radical (unpaired) electrons. The molecule has 17 heavy (non-hydrogen) atoms. The van der Waals surface area contributed by atoms with E-state index < -0.39 is 0 Å². The monoisotopic (exact) mass is 224 g/mol. The maximum absolute atomic E-state index is 10.1. The zero-order valence-electron chi connectivity index (χ0n) is 9.98. The SMILES string of the molecule is Cc1ccc(O)c(C2(c3ccccc3)CC2)c1. The van der Waals surface area contributed by atoms with Crippen LogP contribution < -0.4 is 0 Å². The summed E-state index contributed by atoms with van der Waals surface area (Å²) in [4.78, 5) is 0. The average molecular weight is 224 g/mol. The number of aromatic hydroxyl groups is 1. The second-order valence-electron chi connectivity index (χ2n) is 4.97. The summed E-state index contributed by atoms with van der Waals surface area (Å²) < 4.78 is 0. The van der Waals surface area contributed by atoms with E-state index in [1.807, 2.05) is 18.2 Å². The number of phenolic OH excluding ortho intramolecular Hbond substituents is 1. The normalized spacial score (nSPS) is 16.8. The van der Waals surface area contributed by atoms with Crippen LogP contribution in [0.25, 0.3) is 0 Å². The van der Waals surface area contributed by atoms with E-state index in [1.54, 1.807) is 0 Å². The second kappa shape index (κ2) is 3.63. The van der Waals surface area contributed by atoms with Gasteiger partial charge in [-0.1, -0.05) is 48.0 Å². The quantitative estimate of drug-likeness (QED) is 0.823. The minimum absolute atomic E-state index is 0.0668. The third kappa shape index (κ3) is 1.62. The van der Waals surface area contributed by atoms with Crippen molar-refractivity contribution < 1.29 is 5.11 Å². The van der Waals surface area contributed by atoms with E-state index in [1.165, 1.54) is 11.1 Å².